The summed E-state index contributed by atoms with van der Waals surface area (Å²) in [6.07, 6.45) is 5.83. The SMILES string of the molecule is CNC(=S)N[C@H](C)[C@@H]1C[C@@H]2CC[C@@H]1C2. The molecule has 3 heteroatoms. The fourth-order valence-corrected chi connectivity index (χ4v) is 3.48. The maximum absolute atomic E-state index is 5.13. The van der Waals surface area contributed by atoms with Crippen LogP contribution in [-0.2, 0) is 0 Å². The monoisotopic (exact) mass is 212 g/mol. The predicted molar refractivity (Wildman–Crippen MR) is 63.2 cm³/mol. The lowest BCUT2D eigenvalue weighted by molar-refractivity contribution is 0.278. The van der Waals surface area contributed by atoms with Crippen LogP contribution in [0.1, 0.15) is 32.6 Å². The van der Waals surface area contributed by atoms with Crippen molar-refractivity contribution < 1.29 is 0 Å². The molecule has 14 heavy (non-hydrogen) atoms. The maximum atomic E-state index is 5.13. The van der Waals surface area contributed by atoms with Crippen molar-refractivity contribution >= 4 is 17.3 Å². The van der Waals surface area contributed by atoms with Gasteiger partial charge in [0.15, 0.2) is 5.11 Å². The molecule has 80 valence electrons. The summed E-state index contributed by atoms with van der Waals surface area (Å²) < 4.78 is 0. The standard InChI is InChI=1S/C11H20N2S/c1-7(13-11(14)12-2)10-6-8-3-4-9(10)5-8/h7-10H,3-6H2,1-2H3,(H2,12,13,14)/t7-,8-,9-,10+/m1/s1. The van der Waals surface area contributed by atoms with Crippen molar-refractivity contribution in [2.24, 2.45) is 17.8 Å². The first kappa shape index (κ1) is 10.2. The van der Waals surface area contributed by atoms with Crippen LogP contribution in [0.25, 0.3) is 0 Å². The van der Waals surface area contributed by atoms with Crippen molar-refractivity contribution in [2.45, 2.75) is 38.6 Å². The molecule has 2 saturated carbocycles. The number of hydrogen-bond donors (Lipinski definition) is 2. The second kappa shape index (κ2) is 4.05. The summed E-state index contributed by atoms with van der Waals surface area (Å²) in [7, 11) is 1.88. The van der Waals surface area contributed by atoms with E-state index in [4.69, 9.17) is 12.2 Å². The summed E-state index contributed by atoms with van der Waals surface area (Å²) in [4.78, 5) is 0. The van der Waals surface area contributed by atoms with Gasteiger partial charge >= 0.3 is 0 Å². The zero-order valence-corrected chi connectivity index (χ0v) is 9.86. The molecule has 0 unspecified atom stereocenters. The molecule has 0 aromatic carbocycles. The molecular weight excluding hydrogens is 192 g/mol. The lowest BCUT2D eigenvalue weighted by Crippen LogP contribution is -2.43. The fraction of sp³-hybridized carbons (Fsp3) is 0.909. The van der Waals surface area contributed by atoms with Gasteiger partial charge in [-0.25, -0.2) is 0 Å². The van der Waals surface area contributed by atoms with Gasteiger partial charge in [-0.15, -0.1) is 0 Å². The van der Waals surface area contributed by atoms with Gasteiger partial charge in [-0.05, 0) is 56.2 Å². The fourth-order valence-electron chi connectivity index (χ4n) is 3.29. The highest BCUT2D eigenvalue weighted by Crippen LogP contribution is 2.49. The minimum Gasteiger partial charge on any atom is -0.366 e. The van der Waals surface area contributed by atoms with Crippen LogP contribution in [0.3, 0.4) is 0 Å². The largest absolute Gasteiger partial charge is 0.366 e. The Bertz CT molecular complexity index is 229. The van der Waals surface area contributed by atoms with Gasteiger partial charge in [-0.3, -0.25) is 0 Å². The first-order valence-electron chi connectivity index (χ1n) is 5.69. The summed E-state index contributed by atoms with van der Waals surface area (Å²) >= 11 is 5.13. The van der Waals surface area contributed by atoms with E-state index in [0.29, 0.717) is 6.04 Å². The molecular formula is C11H20N2S. The van der Waals surface area contributed by atoms with Crippen LogP contribution in [0.2, 0.25) is 0 Å². The smallest absolute Gasteiger partial charge is 0.166 e. The van der Waals surface area contributed by atoms with Crippen molar-refractivity contribution in [3.05, 3.63) is 0 Å². The number of rotatable bonds is 2. The predicted octanol–water partition coefficient (Wildman–Crippen LogP) is 1.90. The van der Waals surface area contributed by atoms with E-state index in [0.717, 1.165) is 22.9 Å². The summed E-state index contributed by atoms with van der Waals surface area (Å²) in [5.41, 5.74) is 0. The second-order valence-corrected chi connectivity index (χ2v) is 5.26. The molecule has 2 rings (SSSR count). The van der Waals surface area contributed by atoms with E-state index in [9.17, 15) is 0 Å². The van der Waals surface area contributed by atoms with Crippen molar-refractivity contribution in [3.8, 4) is 0 Å². The van der Waals surface area contributed by atoms with Gasteiger partial charge < -0.3 is 10.6 Å². The molecule has 0 radical (unpaired) electrons. The van der Waals surface area contributed by atoms with Crippen molar-refractivity contribution in [3.63, 3.8) is 0 Å². The molecule has 0 heterocycles. The van der Waals surface area contributed by atoms with Crippen LogP contribution in [0.4, 0.5) is 0 Å². The molecule has 0 aromatic rings. The van der Waals surface area contributed by atoms with Crippen LogP contribution >= 0.6 is 12.2 Å². The average Bonchev–Trinajstić information content (AvgIpc) is 2.78. The van der Waals surface area contributed by atoms with E-state index in [1.807, 2.05) is 7.05 Å². The zero-order chi connectivity index (χ0) is 10.1. The van der Waals surface area contributed by atoms with E-state index >= 15 is 0 Å². The molecule has 0 amide bonds. The molecule has 0 saturated heterocycles. The number of nitrogens with one attached hydrogen (secondary N) is 2. The summed E-state index contributed by atoms with van der Waals surface area (Å²) in [6.45, 7) is 2.27. The number of hydrogen-bond acceptors (Lipinski definition) is 1. The zero-order valence-electron chi connectivity index (χ0n) is 9.05. The van der Waals surface area contributed by atoms with Gasteiger partial charge in [0.25, 0.3) is 0 Å². The Morgan fingerprint density at radius 2 is 2.14 bits per heavy atom. The van der Waals surface area contributed by atoms with Gasteiger partial charge in [-0.1, -0.05) is 6.42 Å². The van der Waals surface area contributed by atoms with Crippen molar-refractivity contribution in [2.75, 3.05) is 7.05 Å². The van der Waals surface area contributed by atoms with E-state index in [-0.39, 0.29) is 0 Å². The minimum absolute atomic E-state index is 0.547. The molecule has 2 fully saturated rings. The Labute approximate surface area is 91.8 Å². The van der Waals surface area contributed by atoms with Crippen molar-refractivity contribution in [1.82, 2.24) is 10.6 Å². The average molecular weight is 212 g/mol. The highest BCUT2D eigenvalue weighted by atomic mass is 32.1. The van der Waals surface area contributed by atoms with E-state index in [2.05, 4.69) is 17.6 Å². The Balaban J connectivity index is 1.86. The van der Waals surface area contributed by atoms with Crippen molar-refractivity contribution in [1.29, 1.82) is 0 Å². The molecule has 0 aliphatic heterocycles. The molecule has 2 N–H and O–H groups in total. The molecule has 2 aliphatic carbocycles. The lowest BCUT2D eigenvalue weighted by atomic mass is 9.84. The number of fused-ring (bicyclic) bond motifs is 2. The quantitative estimate of drug-likeness (QED) is 0.684. The van der Waals surface area contributed by atoms with Gasteiger partial charge in [0, 0.05) is 13.1 Å². The van der Waals surface area contributed by atoms with Gasteiger partial charge in [-0.2, -0.15) is 0 Å². The third-order valence-electron chi connectivity index (χ3n) is 4.02. The first-order chi connectivity index (χ1) is 6.70. The molecule has 2 bridgehead atoms. The normalized spacial score (nSPS) is 36.9. The van der Waals surface area contributed by atoms with Crippen LogP contribution < -0.4 is 10.6 Å². The minimum atomic E-state index is 0.547. The van der Waals surface area contributed by atoms with E-state index in [1.54, 1.807) is 0 Å². The summed E-state index contributed by atoms with van der Waals surface area (Å²) in [5, 5.41) is 7.15. The highest BCUT2D eigenvalue weighted by Gasteiger charge is 2.41. The van der Waals surface area contributed by atoms with Crippen LogP contribution in [-0.4, -0.2) is 18.2 Å². The summed E-state index contributed by atoms with van der Waals surface area (Å²) in [6, 6.07) is 0.547. The first-order valence-corrected chi connectivity index (χ1v) is 6.09. The Morgan fingerprint density at radius 1 is 1.36 bits per heavy atom. The Morgan fingerprint density at radius 3 is 2.64 bits per heavy atom. The molecule has 2 nitrogen and oxygen atoms in total. The second-order valence-electron chi connectivity index (χ2n) is 4.85. The topological polar surface area (TPSA) is 24.1 Å². The van der Waals surface area contributed by atoms with Gasteiger partial charge in [0.1, 0.15) is 0 Å². The van der Waals surface area contributed by atoms with Crippen LogP contribution in [0.5, 0.6) is 0 Å². The molecule has 0 spiro atoms. The van der Waals surface area contributed by atoms with Gasteiger partial charge in [0.05, 0.1) is 0 Å². The highest BCUT2D eigenvalue weighted by molar-refractivity contribution is 7.80. The number of thiocarbonyl (C=S) groups is 1. The molecule has 0 aromatic heterocycles. The third-order valence-corrected chi connectivity index (χ3v) is 4.34. The molecule has 4 atom stereocenters. The van der Waals surface area contributed by atoms with Crippen LogP contribution in [0, 0.1) is 17.8 Å². The van der Waals surface area contributed by atoms with E-state index < -0.39 is 0 Å². The third kappa shape index (κ3) is 1.88. The Kier molecular flexibility index (Phi) is 2.96. The maximum Gasteiger partial charge on any atom is 0.166 e. The van der Waals surface area contributed by atoms with Crippen LogP contribution in [0.15, 0.2) is 0 Å². The van der Waals surface area contributed by atoms with E-state index in [1.165, 1.54) is 25.7 Å². The molecule has 2 aliphatic rings. The lowest BCUT2D eigenvalue weighted by Gasteiger charge is -2.29. The van der Waals surface area contributed by atoms with Gasteiger partial charge in [0.2, 0.25) is 0 Å². The Hall–Kier alpha value is -0.310. The summed E-state index contributed by atoms with van der Waals surface area (Å²) in [5.74, 6) is 2.86.